The van der Waals surface area contributed by atoms with Gasteiger partial charge in [-0.25, -0.2) is 4.98 Å². The second-order valence-electron chi connectivity index (χ2n) is 3.26. The van der Waals surface area contributed by atoms with Crippen LogP contribution in [0.1, 0.15) is 11.3 Å². The van der Waals surface area contributed by atoms with Gasteiger partial charge in [0.05, 0.1) is 11.9 Å². The van der Waals surface area contributed by atoms with E-state index >= 15 is 0 Å². The first kappa shape index (κ1) is 10.1. The van der Waals surface area contributed by atoms with E-state index in [0.717, 1.165) is 11.3 Å². The van der Waals surface area contributed by atoms with Gasteiger partial charge in [0.25, 0.3) is 0 Å². The van der Waals surface area contributed by atoms with E-state index in [9.17, 15) is 0 Å². The highest BCUT2D eigenvalue weighted by Crippen LogP contribution is 2.07. The fourth-order valence-electron chi connectivity index (χ4n) is 1.27. The van der Waals surface area contributed by atoms with Gasteiger partial charge in [-0.05, 0) is 23.8 Å². The van der Waals surface area contributed by atoms with Crippen molar-refractivity contribution in [1.29, 1.82) is 5.26 Å². The molecular weight excluding hydrogens is 200 g/mol. The van der Waals surface area contributed by atoms with Crippen molar-refractivity contribution in [2.75, 3.05) is 5.32 Å². The van der Waals surface area contributed by atoms with E-state index in [0.29, 0.717) is 12.2 Å². The summed E-state index contributed by atoms with van der Waals surface area (Å²) in [7, 11) is 0. The summed E-state index contributed by atoms with van der Waals surface area (Å²) < 4.78 is 0. The number of nitriles is 1. The molecular formula is C12H10N4. The van der Waals surface area contributed by atoms with E-state index in [1.807, 2.05) is 30.5 Å². The molecule has 0 aromatic carbocycles. The lowest BCUT2D eigenvalue weighted by Gasteiger charge is -2.05. The maximum Gasteiger partial charge on any atom is 0.140 e. The first-order valence-corrected chi connectivity index (χ1v) is 4.87. The van der Waals surface area contributed by atoms with Crippen LogP contribution in [0.2, 0.25) is 0 Å². The van der Waals surface area contributed by atoms with Crippen molar-refractivity contribution >= 4 is 5.69 Å². The fraction of sp³-hybridized carbons (Fsp3) is 0.0833. The minimum atomic E-state index is 0.423. The molecule has 2 heterocycles. The van der Waals surface area contributed by atoms with Crippen LogP contribution < -0.4 is 5.32 Å². The molecule has 0 saturated carbocycles. The van der Waals surface area contributed by atoms with Crippen molar-refractivity contribution < 1.29 is 0 Å². The lowest BCUT2D eigenvalue weighted by Crippen LogP contribution is -2.00. The number of pyridine rings is 2. The molecule has 0 radical (unpaired) electrons. The minimum Gasteiger partial charge on any atom is -0.380 e. The number of hydrogen-bond acceptors (Lipinski definition) is 4. The van der Waals surface area contributed by atoms with Crippen LogP contribution in [0.15, 0.2) is 42.9 Å². The molecule has 78 valence electrons. The van der Waals surface area contributed by atoms with Gasteiger partial charge in [0.1, 0.15) is 11.8 Å². The standard InChI is InChI=1S/C12H10N4/c13-6-11-3-4-12(9-16-11)15-8-10-2-1-5-14-7-10/h1-5,7,9,15H,8H2. The Bertz CT molecular complexity index is 485. The van der Waals surface area contributed by atoms with Crippen molar-refractivity contribution in [1.82, 2.24) is 9.97 Å². The molecule has 0 aliphatic rings. The van der Waals surface area contributed by atoms with Gasteiger partial charge >= 0.3 is 0 Å². The Morgan fingerprint density at radius 1 is 1.25 bits per heavy atom. The van der Waals surface area contributed by atoms with Crippen LogP contribution in [0.25, 0.3) is 0 Å². The Kier molecular flexibility index (Phi) is 3.10. The molecule has 4 nitrogen and oxygen atoms in total. The van der Waals surface area contributed by atoms with Crippen LogP contribution in [0.4, 0.5) is 5.69 Å². The molecule has 0 aliphatic heterocycles. The third-order valence-electron chi connectivity index (χ3n) is 2.10. The first-order chi connectivity index (χ1) is 7.88. The number of aromatic nitrogens is 2. The highest BCUT2D eigenvalue weighted by atomic mass is 14.9. The number of hydrogen-bond donors (Lipinski definition) is 1. The maximum atomic E-state index is 8.60. The third kappa shape index (κ3) is 2.55. The Labute approximate surface area is 93.6 Å². The number of nitrogens with zero attached hydrogens (tertiary/aromatic N) is 3. The summed E-state index contributed by atoms with van der Waals surface area (Å²) in [6.45, 7) is 0.696. The van der Waals surface area contributed by atoms with Gasteiger partial charge in [-0.3, -0.25) is 4.98 Å². The van der Waals surface area contributed by atoms with Crippen LogP contribution in [0, 0.1) is 11.3 Å². The molecule has 0 bridgehead atoms. The van der Waals surface area contributed by atoms with E-state index in [1.54, 1.807) is 18.5 Å². The molecule has 1 N–H and O–H groups in total. The molecule has 16 heavy (non-hydrogen) atoms. The lowest BCUT2D eigenvalue weighted by atomic mass is 10.3. The minimum absolute atomic E-state index is 0.423. The molecule has 2 aromatic rings. The van der Waals surface area contributed by atoms with Gasteiger partial charge in [-0.15, -0.1) is 0 Å². The third-order valence-corrected chi connectivity index (χ3v) is 2.10. The van der Waals surface area contributed by atoms with Crippen molar-refractivity contribution in [2.45, 2.75) is 6.54 Å². The zero-order valence-corrected chi connectivity index (χ0v) is 8.59. The van der Waals surface area contributed by atoms with Gasteiger partial charge in [0.2, 0.25) is 0 Å². The van der Waals surface area contributed by atoms with Gasteiger partial charge in [-0.2, -0.15) is 5.26 Å². The van der Waals surface area contributed by atoms with Crippen molar-refractivity contribution in [3.05, 3.63) is 54.1 Å². The molecule has 0 amide bonds. The summed E-state index contributed by atoms with van der Waals surface area (Å²) in [6.07, 6.45) is 5.20. The molecule has 4 heteroatoms. The Balaban J connectivity index is 1.98. The van der Waals surface area contributed by atoms with Crippen LogP contribution in [-0.2, 0) is 6.54 Å². The van der Waals surface area contributed by atoms with Crippen LogP contribution in [0.5, 0.6) is 0 Å². The summed E-state index contributed by atoms with van der Waals surface area (Å²) in [6, 6.07) is 9.39. The van der Waals surface area contributed by atoms with Gasteiger partial charge < -0.3 is 5.32 Å². The SMILES string of the molecule is N#Cc1ccc(NCc2cccnc2)cn1. The molecule has 2 rings (SSSR count). The average molecular weight is 210 g/mol. The van der Waals surface area contributed by atoms with Crippen LogP contribution in [-0.4, -0.2) is 9.97 Å². The average Bonchev–Trinajstić information content (AvgIpc) is 2.38. The van der Waals surface area contributed by atoms with E-state index < -0.39 is 0 Å². The molecule has 2 aromatic heterocycles. The highest BCUT2D eigenvalue weighted by Gasteiger charge is 1.95. The number of anilines is 1. The number of rotatable bonds is 3. The maximum absolute atomic E-state index is 8.60. The number of nitrogens with one attached hydrogen (secondary N) is 1. The normalized spacial score (nSPS) is 9.44. The quantitative estimate of drug-likeness (QED) is 0.841. The summed E-state index contributed by atoms with van der Waals surface area (Å²) >= 11 is 0. The van der Waals surface area contributed by atoms with Crippen molar-refractivity contribution in [3.63, 3.8) is 0 Å². The smallest absolute Gasteiger partial charge is 0.140 e. The van der Waals surface area contributed by atoms with E-state index in [1.165, 1.54) is 0 Å². The van der Waals surface area contributed by atoms with Crippen LogP contribution in [0.3, 0.4) is 0 Å². The zero-order valence-electron chi connectivity index (χ0n) is 8.59. The van der Waals surface area contributed by atoms with Gasteiger partial charge in [0, 0.05) is 18.9 Å². The first-order valence-electron chi connectivity index (χ1n) is 4.87. The topological polar surface area (TPSA) is 61.6 Å². The predicted octanol–water partition coefficient (Wildman–Crippen LogP) is 1.96. The Hall–Kier alpha value is -2.41. The fourth-order valence-corrected chi connectivity index (χ4v) is 1.27. The summed E-state index contributed by atoms with van der Waals surface area (Å²) in [5.41, 5.74) is 2.42. The van der Waals surface area contributed by atoms with Crippen molar-refractivity contribution in [3.8, 4) is 6.07 Å². The van der Waals surface area contributed by atoms with E-state index in [2.05, 4.69) is 15.3 Å². The largest absolute Gasteiger partial charge is 0.380 e. The van der Waals surface area contributed by atoms with E-state index in [-0.39, 0.29) is 0 Å². The van der Waals surface area contributed by atoms with Gasteiger partial charge in [-0.1, -0.05) is 6.07 Å². The lowest BCUT2D eigenvalue weighted by molar-refractivity contribution is 1.10. The molecule has 0 unspecified atom stereocenters. The van der Waals surface area contributed by atoms with E-state index in [4.69, 9.17) is 5.26 Å². The highest BCUT2D eigenvalue weighted by molar-refractivity contribution is 5.43. The molecule has 0 spiro atoms. The zero-order chi connectivity index (χ0) is 11.2. The second-order valence-corrected chi connectivity index (χ2v) is 3.26. The summed E-state index contributed by atoms with van der Waals surface area (Å²) in [4.78, 5) is 8.00. The van der Waals surface area contributed by atoms with Crippen molar-refractivity contribution in [2.24, 2.45) is 0 Å². The summed E-state index contributed by atoms with van der Waals surface area (Å²) in [5, 5.41) is 11.8. The van der Waals surface area contributed by atoms with Gasteiger partial charge in [0.15, 0.2) is 0 Å². The Morgan fingerprint density at radius 3 is 2.81 bits per heavy atom. The summed E-state index contributed by atoms with van der Waals surface area (Å²) in [5.74, 6) is 0. The Morgan fingerprint density at radius 2 is 2.19 bits per heavy atom. The monoisotopic (exact) mass is 210 g/mol. The molecule has 0 atom stereocenters. The van der Waals surface area contributed by atoms with Crippen LogP contribution >= 0.6 is 0 Å². The molecule has 0 aliphatic carbocycles. The second kappa shape index (κ2) is 4.89. The molecule has 0 fully saturated rings. The molecule has 0 saturated heterocycles. The predicted molar refractivity (Wildman–Crippen MR) is 60.5 cm³/mol.